The van der Waals surface area contributed by atoms with Crippen LogP contribution in [0.25, 0.3) is 0 Å². The van der Waals surface area contributed by atoms with Gasteiger partial charge in [0.05, 0.1) is 0 Å². The molecule has 2 atom stereocenters. The predicted octanol–water partition coefficient (Wildman–Crippen LogP) is 1.95. The first-order chi connectivity index (χ1) is 4.85. The standard InChI is InChI=1S/C9H16O/c10-7-9-4-1-2-8(6-9)3-5-9/h8,10H,1-7H2. The second-order valence-corrected chi connectivity index (χ2v) is 4.16. The second-order valence-electron chi connectivity index (χ2n) is 4.16. The fraction of sp³-hybridized carbons (Fsp3) is 1.00. The zero-order valence-corrected chi connectivity index (χ0v) is 6.47. The fourth-order valence-corrected chi connectivity index (χ4v) is 2.79. The molecule has 2 aliphatic carbocycles. The van der Waals surface area contributed by atoms with Crippen LogP contribution in [0.3, 0.4) is 0 Å². The van der Waals surface area contributed by atoms with E-state index in [1.807, 2.05) is 0 Å². The first kappa shape index (κ1) is 6.66. The smallest absolute Gasteiger partial charge is 0.0487 e. The van der Waals surface area contributed by atoms with Gasteiger partial charge in [0.25, 0.3) is 0 Å². The molecule has 10 heavy (non-hydrogen) atoms. The molecule has 0 saturated heterocycles. The molecule has 1 N–H and O–H groups in total. The highest BCUT2D eigenvalue weighted by Crippen LogP contribution is 2.50. The molecular weight excluding hydrogens is 124 g/mol. The summed E-state index contributed by atoms with van der Waals surface area (Å²) in [5.74, 6) is 0.973. The molecule has 0 aromatic rings. The van der Waals surface area contributed by atoms with E-state index in [-0.39, 0.29) is 0 Å². The molecule has 1 nitrogen and oxygen atoms in total. The largest absolute Gasteiger partial charge is 0.396 e. The molecule has 0 aromatic heterocycles. The summed E-state index contributed by atoms with van der Waals surface area (Å²) in [6.07, 6.45) is 8.10. The van der Waals surface area contributed by atoms with E-state index in [4.69, 9.17) is 5.11 Å². The van der Waals surface area contributed by atoms with Crippen LogP contribution in [0, 0.1) is 11.3 Å². The molecular formula is C9H16O. The quantitative estimate of drug-likeness (QED) is 0.590. The van der Waals surface area contributed by atoms with E-state index in [1.54, 1.807) is 0 Å². The minimum absolute atomic E-state index is 0.392. The van der Waals surface area contributed by atoms with Crippen molar-refractivity contribution in [2.24, 2.45) is 11.3 Å². The van der Waals surface area contributed by atoms with Crippen LogP contribution in [0.15, 0.2) is 0 Å². The van der Waals surface area contributed by atoms with Gasteiger partial charge in [-0.05, 0) is 37.0 Å². The molecule has 0 aromatic carbocycles. The van der Waals surface area contributed by atoms with Crippen molar-refractivity contribution in [1.29, 1.82) is 0 Å². The molecule has 2 rings (SSSR count). The Morgan fingerprint density at radius 1 is 1.30 bits per heavy atom. The van der Waals surface area contributed by atoms with Crippen molar-refractivity contribution >= 4 is 0 Å². The Kier molecular flexibility index (Phi) is 1.48. The number of rotatable bonds is 1. The number of aliphatic hydroxyl groups is 1. The lowest BCUT2D eigenvalue weighted by Gasteiger charge is -2.30. The zero-order valence-electron chi connectivity index (χ0n) is 6.47. The number of fused-ring (bicyclic) bond motifs is 2. The first-order valence-corrected chi connectivity index (χ1v) is 4.46. The van der Waals surface area contributed by atoms with Gasteiger partial charge in [-0.15, -0.1) is 0 Å². The molecule has 0 radical (unpaired) electrons. The lowest BCUT2D eigenvalue weighted by atomic mass is 9.76. The average molecular weight is 140 g/mol. The molecule has 2 unspecified atom stereocenters. The summed E-state index contributed by atoms with van der Waals surface area (Å²) in [5.41, 5.74) is 0.392. The number of hydrogen-bond acceptors (Lipinski definition) is 1. The van der Waals surface area contributed by atoms with Crippen molar-refractivity contribution in [1.82, 2.24) is 0 Å². The third kappa shape index (κ3) is 0.878. The monoisotopic (exact) mass is 140 g/mol. The molecule has 1 heteroatoms. The van der Waals surface area contributed by atoms with Crippen molar-refractivity contribution in [3.8, 4) is 0 Å². The lowest BCUT2D eigenvalue weighted by Crippen LogP contribution is -2.24. The van der Waals surface area contributed by atoms with Crippen molar-refractivity contribution in [3.63, 3.8) is 0 Å². The van der Waals surface area contributed by atoms with Crippen molar-refractivity contribution in [3.05, 3.63) is 0 Å². The van der Waals surface area contributed by atoms with E-state index in [0.29, 0.717) is 12.0 Å². The highest BCUT2D eigenvalue weighted by Gasteiger charge is 2.40. The molecule has 2 aliphatic rings. The second kappa shape index (κ2) is 2.23. The Labute approximate surface area is 62.4 Å². The molecule has 2 bridgehead atoms. The molecule has 0 spiro atoms. The summed E-state index contributed by atoms with van der Waals surface area (Å²) in [4.78, 5) is 0. The van der Waals surface area contributed by atoms with Crippen molar-refractivity contribution in [2.75, 3.05) is 6.61 Å². The molecule has 58 valence electrons. The van der Waals surface area contributed by atoms with Crippen molar-refractivity contribution < 1.29 is 5.11 Å². The van der Waals surface area contributed by atoms with Crippen LogP contribution in [0.2, 0.25) is 0 Å². The van der Waals surface area contributed by atoms with Gasteiger partial charge in [-0.1, -0.05) is 12.8 Å². The lowest BCUT2D eigenvalue weighted by molar-refractivity contribution is 0.0977. The van der Waals surface area contributed by atoms with Crippen LogP contribution in [0.1, 0.15) is 38.5 Å². The van der Waals surface area contributed by atoms with Gasteiger partial charge in [-0.3, -0.25) is 0 Å². The summed E-state index contributed by atoms with van der Waals surface area (Å²) in [5, 5.41) is 9.17. The van der Waals surface area contributed by atoms with E-state index in [2.05, 4.69) is 0 Å². The van der Waals surface area contributed by atoms with E-state index >= 15 is 0 Å². The van der Waals surface area contributed by atoms with E-state index in [9.17, 15) is 0 Å². The van der Waals surface area contributed by atoms with E-state index in [0.717, 1.165) is 5.92 Å². The Hall–Kier alpha value is -0.0400. The Balaban J connectivity index is 2.10. The van der Waals surface area contributed by atoms with Crippen LogP contribution in [-0.2, 0) is 0 Å². The third-order valence-electron chi connectivity index (χ3n) is 3.46. The fourth-order valence-electron chi connectivity index (χ4n) is 2.79. The van der Waals surface area contributed by atoms with Crippen LogP contribution in [-0.4, -0.2) is 11.7 Å². The molecule has 0 aliphatic heterocycles. The topological polar surface area (TPSA) is 20.2 Å². The summed E-state index contributed by atoms with van der Waals surface area (Å²) in [6.45, 7) is 0.448. The van der Waals surface area contributed by atoms with Gasteiger partial charge in [-0.25, -0.2) is 0 Å². The summed E-state index contributed by atoms with van der Waals surface area (Å²) in [6, 6.07) is 0. The number of hydrogen-bond donors (Lipinski definition) is 1. The van der Waals surface area contributed by atoms with Crippen LogP contribution < -0.4 is 0 Å². The van der Waals surface area contributed by atoms with Gasteiger partial charge >= 0.3 is 0 Å². The minimum Gasteiger partial charge on any atom is -0.396 e. The third-order valence-corrected chi connectivity index (χ3v) is 3.46. The first-order valence-electron chi connectivity index (χ1n) is 4.46. The highest BCUT2D eigenvalue weighted by atomic mass is 16.3. The summed E-state index contributed by atoms with van der Waals surface area (Å²) in [7, 11) is 0. The Bertz CT molecular complexity index is 129. The Morgan fingerprint density at radius 2 is 2.20 bits per heavy atom. The van der Waals surface area contributed by atoms with E-state index < -0.39 is 0 Å². The van der Waals surface area contributed by atoms with Gasteiger partial charge in [0.15, 0.2) is 0 Å². The molecule has 2 saturated carbocycles. The molecule has 0 amide bonds. The maximum Gasteiger partial charge on any atom is 0.0487 e. The molecule has 0 heterocycles. The maximum absolute atomic E-state index is 9.17. The average Bonchev–Trinajstić information content (AvgIpc) is 2.29. The van der Waals surface area contributed by atoms with Gasteiger partial charge < -0.3 is 5.11 Å². The maximum atomic E-state index is 9.17. The van der Waals surface area contributed by atoms with Gasteiger partial charge in [0, 0.05) is 6.61 Å². The number of aliphatic hydroxyl groups excluding tert-OH is 1. The predicted molar refractivity (Wildman–Crippen MR) is 40.7 cm³/mol. The van der Waals surface area contributed by atoms with Crippen LogP contribution >= 0.6 is 0 Å². The Morgan fingerprint density at radius 3 is 2.90 bits per heavy atom. The summed E-state index contributed by atoms with van der Waals surface area (Å²) >= 11 is 0. The van der Waals surface area contributed by atoms with Gasteiger partial charge in [-0.2, -0.15) is 0 Å². The SMILES string of the molecule is OCC12CCCC(CC1)C2. The molecule has 2 fully saturated rings. The van der Waals surface area contributed by atoms with Crippen LogP contribution in [0.4, 0.5) is 0 Å². The minimum atomic E-state index is 0.392. The van der Waals surface area contributed by atoms with Gasteiger partial charge in [0.1, 0.15) is 0 Å². The summed E-state index contributed by atoms with van der Waals surface area (Å²) < 4.78 is 0. The normalized spacial score (nSPS) is 45.9. The van der Waals surface area contributed by atoms with Crippen molar-refractivity contribution in [2.45, 2.75) is 38.5 Å². The zero-order chi connectivity index (χ0) is 7.03. The van der Waals surface area contributed by atoms with E-state index in [1.165, 1.54) is 38.5 Å². The van der Waals surface area contributed by atoms with Gasteiger partial charge in [0.2, 0.25) is 0 Å². The van der Waals surface area contributed by atoms with Crippen LogP contribution in [0.5, 0.6) is 0 Å². The highest BCUT2D eigenvalue weighted by molar-refractivity contribution is 4.92.